The van der Waals surface area contributed by atoms with Crippen LogP contribution in [0.4, 0.5) is 18.4 Å². The van der Waals surface area contributed by atoms with Crippen LogP contribution >= 0.6 is 0 Å². The standard InChI is InChI=1S/C18H26F2N4O6/c1-10-5-11-7-22(15(26)24(11)28)13(10)14(25)21-29-8-12-6-18(19,20)9-23(12)16(27)30-17(2,3)4/h5,11-13,28H,6-9H2,1-4H3,(H,21,25)/t11?,12-,13-/m0/s1. The number of carbonyl (C=O) groups is 3. The van der Waals surface area contributed by atoms with Crippen LogP contribution in [0, 0.1) is 0 Å². The Hall–Kier alpha value is -2.47. The van der Waals surface area contributed by atoms with Gasteiger partial charge in [0.25, 0.3) is 11.8 Å². The highest BCUT2D eigenvalue weighted by Crippen LogP contribution is 2.33. The maximum Gasteiger partial charge on any atom is 0.410 e. The Morgan fingerprint density at radius 2 is 2.03 bits per heavy atom. The first kappa shape index (κ1) is 22.2. The van der Waals surface area contributed by atoms with Crippen LogP contribution < -0.4 is 5.48 Å². The Balaban J connectivity index is 1.59. The van der Waals surface area contributed by atoms with E-state index in [1.54, 1.807) is 33.8 Å². The third-order valence-corrected chi connectivity index (χ3v) is 5.04. The molecule has 1 unspecified atom stereocenters. The van der Waals surface area contributed by atoms with Gasteiger partial charge in [-0.15, -0.1) is 0 Å². The largest absolute Gasteiger partial charge is 0.444 e. The summed E-state index contributed by atoms with van der Waals surface area (Å²) in [5, 5.41) is 10.3. The molecule has 3 atom stereocenters. The molecule has 3 aliphatic rings. The Labute approximate surface area is 172 Å². The van der Waals surface area contributed by atoms with Gasteiger partial charge in [-0.25, -0.2) is 23.9 Å². The van der Waals surface area contributed by atoms with Gasteiger partial charge in [0, 0.05) is 6.42 Å². The molecule has 2 fully saturated rings. The van der Waals surface area contributed by atoms with Crippen LogP contribution in [0.2, 0.25) is 0 Å². The highest BCUT2D eigenvalue weighted by Gasteiger charge is 2.49. The van der Waals surface area contributed by atoms with Gasteiger partial charge in [0.15, 0.2) is 0 Å². The van der Waals surface area contributed by atoms with E-state index in [1.807, 2.05) is 0 Å². The molecule has 3 rings (SSSR count). The molecule has 4 amide bonds. The van der Waals surface area contributed by atoms with Crippen molar-refractivity contribution in [2.24, 2.45) is 0 Å². The van der Waals surface area contributed by atoms with E-state index in [0.717, 1.165) is 4.90 Å². The van der Waals surface area contributed by atoms with E-state index in [9.17, 15) is 28.4 Å². The van der Waals surface area contributed by atoms with Gasteiger partial charge in [-0.2, -0.15) is 5.06 Å². The fourth-order valence-electron chi connectivity index (χ4n) is 3.80. The van der Waals surface area contributed by atoms with Gasteiger partial charge < -0.3 is 9.64 Å². The number of halogens is 2. The van der Waals surface area contributed by atoms with Crippen molar-refractivity contribution in [3.8, 4) is 0 Å². The first-order valence-corrected chi connectivity index (χ1v) is 9.55. The van der Waals surface area contributed by atoms with Crippen molar-refractivity contribution in [1.29, 1.82) is 0 Å². The Bertz CT molecular complexity index is 768. The predicted molar refractivity (Wildman–Crippen MR) is 97.4 cm³/mol. The summed E-state index contributed by atoms with van der Waals surface area (Å²) in [7, 11) is 0. The van der Waals surface area contributed by atoms with E-state index in [2.05, 4.69) is 5.48 Å². The van der Waals surface area contributed by atoms with Crippen LogP contribution in [-0.2, 0) is 14.4 Å². The van der Waals surface area contributed by atoms with E-state index in [1.165, 1.54) is 4.90 Å². The summed E-state index contributed by atoms with van der Waals surface area (Å²) < 4.78 is 32.9. The second kappa shape index (κ2) is 7.65. The monoisotopic (exact) mass is 432 g/mol. The summed E-state index contributed by atoms with van der Waals surface area (Å²) in [5.41, 5.74) is 1.86. The number of carbonyl (C=O) groups excluding carboxylic acids is 3. The fraction of sp³-hybridized carbons (Fsp3) is 0.722. The second-order valence-corrected chi connectivity index (χ2v) is 8.76. The van der Waals surface area contributed by atoms with Crippen molar-refractivity contribution in [1.82, 2.24) is 20.3 Å². The van der Waals surface area contributed by atoms with Gasteiger partial charge in [-0.1, -0.05) is 6.08 Å². The minimum Gasteiger partial charge on any atom is -0.444 e. The number of urea groups is 1. The fourth-order valence-corrected chi connectivity index (χ4v) is 3.80. The van der Waals surface area contributed by atoms with E-state index < -0.39 is 60.6 Å². The molecule has 0 saturated carbocycles. The van der Waals surface area contributed by atoms with E-state index >= 15 is 0 Å². The average molecular weight is 432 g/mol. The SMILES string of the molecule is CC1=CC2CN(C(=O)N2O)[C@@H]1C(=O)NOC[C@@H]1CC(F)(F)CN1C(=O)OC(C)(C)C. The molecule has 3 aliphatic heterocycles. The summed E-state index contributed by atoms with van der Waals surface area (Å²) in [5.74, 6) is -3.78. The molecule has 0 aromatic heterocycles. The zero-order valence-electron chi connectivity index (χ0n) is 17.2. The van der Waals surface area contributed by atoms with Crippen LogP contribution in [0.3, 0.4) is 0 Å². The van der Waals surface area contributed by atoms with Crippen molar-refractivity contribution < 1.29 is 37.9 Å². The highest BCUT2D eigenvalue weighted by atomic mass is 19.3. The summed E-state index contributed by atoms with van der Waals surface area (Å²) in [6, 6.07) is -3.22. The zero-order valence-corrected chi connectivity index (χ0v) is 17.2. The number of alkyl halides is 2. The van der Waals surface area contributed by atoms with Crippen molar-refractivity contribution in [2.45, 2.75) is 63.8 Å². The third-order valence-electron chi connectivity index (χ3n) is 5.04. The van der Waals surface area contributed by atoms with Gasteiger partial charge in [-0.05, 0) is 33.3 Å². The number of nitrogens with zero attached hydrogens (tertiary/aromatic N) is 3. The van der Waals surface area contributed by atoms with E-state index in [4.69, 9.17) is 9.57 Å². The lowest BCUT2D eigenvalue weighted by Gasteiger charge is -2.30. The highest BCUT2D eigenvalue weighted by molar-refractivity contribution is 5.91. The van der Waals surface area contributed by atoms with E-state index in [-0.39, 0.29) is 13.2 Å². The smallest absolute Gasteiger partial charge is 0.410 e. The van der Waals surface area contributed by atoms with Crippen molar-refractivity contribution in [3.05, 3.63) is 11.6 Å². The molecule has 2 saturated heterocycles. The summed E-state index contributed by atoms with van der Waals surface area (Å²) in [4.78, 5) is 44.0. The molecular formula is C18H26F2N4O6. The summed E-state index contributed by atoms with van der Waals surface area (Å²) >= 11 is 0. The van der Waals surface area contributed by atoms with Crippen LogP contribution in [0.5, 0.6) is 0 Å². The van der Waals surface area contributed by atoms with Crippen LogP contribution in [0.15, 0.2) is 11.6 Å². The molecule has 12 heteroatoms. The lowest BCUT2D eigenvalue weighted by Crippen LogP contribution is -2.50. The molecule has 0 aliphatic carbocycles. The normalized spacial score (nSPS) is 28.0. The molecule has 2 N–H and O–H groups in total. The molecule has 3 heterocycles. The van der Waals surface area contributed by atoms with Crippen molar-refractivity contribution >= 4 is 18.0 Å². The summed E-state index contributed by atoms with van der Waals surface area (Å²) in [6.45, 7) is 5.49. The zero-order chi connectivity index (χ0) is 22.4. The Morgan fingerprint density at radius 3 is 2.67 bits per heavy atom. The van der Waals surface area contributed by atoms with Crippen LogP contribution in [0.1, 0.15) is 34.1 Å². The minimum atomic E-state index is -3.10. The molecular weight excluding hydrogens is 406 g/mol. The molecule has 0 radical (unpaired) electrons. The topological polar surface area (TPSA) is 112 Å². The molecule has 0 spiro atoms. The number of hydrogen-bond donors (Lipinski definition) is 2. The number of likely N-dealkylation sites (tertiary alicyclic amines) is 1. The molecule has 2 bridgehead atoms. The minimum absolute atomic E-state index is 0.145. The van der Waals surface area contributed by atoms with Crippen LogP contribution in [-0.4, -0.2) is 87.4 Å². The number of hydrogen-bond acceptors (Lipinski definition) is 6. The molecule has 30 heavy (non-hydrogen) atoms. The number of hydroxylamine groups is 3. The Kier molecular flexibility index (Phi) is 5.67. The third kappa shape index (κ3) is 4.48. The van der Waals surface area contributed by atoms with Gasteiger partial charge in [-0.3, -0.25) is 19.7 Å². The first-order chi connectivity index (χ1) is 13.8. The summed E-state index contributed by atoms with van der Waals surface area (Å²) in [6.07, 6.45) is 0.0892. The Morgan fingerprint density at radius 1 is 1.37 bits per heavy atom. The molecule has 168 valence electrons. The van der Waals surface area contributed by atoms with E-state index in [0.29, 0.717) is 10.6 Å². The van der Waals surface area contributed by atoms with Crippen LogP contribution in [0.25, 0.3) is 0 Å². The van der Waals surface area contributed by atoms with Gasteiger partial charge in [0.2, 0.25) is 0 Å². The lowest BCUT2D eigenvalue weighted by atomic mass is 10.0. The molecule has 10 nitrogen and oxygen atoms in total. The number of nitrogens with one attached hydrogen (secondary N) is 1. The van der Waals surface area contributed by atoms with Crippen molar-refractivity contribution in [2.75, 3.05) is 19.7 Å². The van der Waals surface area contributed by atoms with Crippen molar-refractivity contribution in [3.63, 3.8) is 0 Å². The maximum atomic E-state index is 13.9. The predicted octanol–water partition coefficient (Wildman–Crippen LogP) is 1.50. The quantitative estimate of drug-likeness (QED) is 0.396. The maximum absolute atomic E-state index is 13.9. The first-order valence-electron chi connectivity index (χ1n) is 9.55. The van der Waals surface area contributed by atoms with Gasteiger partial charge in [0.1, 0.15) is 11.6 Å². The lowest BCUT2D eigenvalue weighted by molar-refractivity contribution is -0.138. The van der Waals surface area contributed by atoms with Gasteiger partial charge in [0.05, 0.1) is 31.8 Å². The number of ether oxygens (including phenoxy) is 1. The number of amides is 4. The average Bonchev–Trinajstić information content (AvgIpc) is 3.03. The second-order valence-electron chi connectivity index (χ2n) is 8.76. The number of fused-ring (bicyclic) bond motifs is 2. The molecule has 0 aromatic carbocycles. The number of rotatable bonds is 4. The molecule has 0 aromatic rings. The van der Waals surface area contributed by atoms with Gasteiger partial charge >= 0.3 is 12.1 Å².